The van der Waals surface area contributed by atoms with Crippen LogP contribution in [-0.4, -0.2) is 19.9 Å². The van der Waals surface area contributed by atoms with Gasteiger partial charge in [-0.3, -0.25) is 4.98 Å². The van der Waals surface area contributed by atoms with Gasteiger partial charge in [0.25, 0.3) is 0 Å². The van der Waals surface area contributed by atoms with E-state index in [9.17, 15) is 0 Å². The fourth-order valence-electron chi connectivity index (χ4n) is 4.00. The van der Waals surface area contributed by atoms with E-state index in [0.717, 1.165) is 21.9 Å². The van der Waals surface area contributed by atoms with Crippen molar-refractivity contribution in [3.05, 3.63) is 103 Å². The van der Waals surface area contributed by atoms with Gasteiger partial charge in [0.2, 0.25) is 0 Å². The van der Waals surface area contributed by atoms with E-state index in [2.05, 4.69) is 53.5 Å². The van der Waals surface area contributed by atoms with Crippen LogP contribution in [0.15, 0.2) is 103 Å². The average Bonchev–Trinajstić information content (AvgIpc) is 2.88. The van der Waals surface area contributed by atoms with Gasteiger partial charge in [0.05, 0.1) is 5.69 Å². The van der Waals surface area contributed by atoms with Crippen molar-refractivity contribution in [3.8, 4) is 34.3 Å². The fourth-order valence-corrected chi connectivity index (χ4v) is 4.00. The molecule has 0 aliphatic heterocycles. The standard InChI is InChI=1S/C28H19N5/c29-24-10-5-15-30-25(24)28-32-26(22-13-11-18-6-1-3-8-20(18)16-22)31-27(33-28)23-14-12-19-7-2-4-9-21(19)17-23/h1-17H,29H2. The van der Waals surface area contributed by atoms with Crippen LogP contribution in [0.2, 0.25) is 0 Å². The molecule has 0 unspecified atom stereocenters. The number of anilines is 1. The molecule has 2 heterocycles. The van der Waals surface area contributed by atoms with Crippen LogP contribution >= 0.6 is 0 Å². The lowest BCUT2D eigenvalue weighted by Crippen LogP contribution is -2.03. The quantitative estimate of drug-likeness (QED) is 0.368. The van der Waals surface area contributed by atoms with Crippen molar-refractivity contribution < 1.29 is 0 Å². The number of benzene rings is 4. The van der Waals surface area contributed by atoms with Gasteiger partial charge in [0.1, 0.15) is 5.69 Å². The lowest BCUT2D eigenvalue weighted by molar-refractivity contribution is 1.06. The van der Waals surface area contributed by atoms with E-state index in [-0.39, 0.29) is 0 Å². The second kappa shape index (κ2) is 7.80. The molecule has 4 aromatic carbocycles. The monoisotopic (exact) mass is 425 g/mol. The first kappa shape index (κ1) is 19.1. The Kier molecular flexibility index (Phi) is 4.51. The zero-order chi connectivity index (χ0) is 22.2. The molecule has 0 spiro atoms. The van der Waals surface area contributed by atoms with E-state index in [1.165, 1.54) is 10.8 Å². The molecule has 2 N–H and O–H groups in total. The Hall–Kier alpha value is -4.64. The molecule has 156 valence electrons. The van der Waals surface area contributed by atoms with Gasteiger partial charge in [-0.15, -0.1) is 0 Å². The highest BCUT2D eigenvalue weighted by atomic mass is 15.0. The SMILES string of the molecule is Nc1cccnc1-c1nc(-c2ccc3ccccc3c2)nc(-c2ccc3ccccc3c2)n1. The molecule has 0 atom stereocenters. The molecule has 0 saturated carbocycles. The third-order valence-corrected chi connectivity index (χ3v) is 5.70. The summed E-state index contributed by atoms with van der Waals surface area (Å²) in [6, 6.07) is 32.5. The highest BCUT2D eigenvalue weighted by Crippen LogP contribution is 2.29. The molecule has 5 heteroatoms. The third-order valence-electron chi connectivity index (χ3n) is 5.70. The molecule has 6 aromatic rings. The van der Waals surface area contributed by atoms with E-state index in [0.29, 0.717) is 28.9 Å². The van der Waals surface area contributed by atoms with Crippen LogP contribution in [0, 0.1) is 0 Å². The van der Waals surface area contributed by atoms with Gasteiger partial charge in [-0.05, 0) is 45.8 Å². The van der Waals surface area contributed by atoms with Crippen LogP contribution in [0.5, 0.6) is 0 Å². The molecule has 0 aliphatic carbocycles. The van der Waals surface area contributed by atoms with Gasteiger partial charge in [-0.1, -0.05) is 72.8 Å². The molecule has 6 rings (SSSR count). The maximum Gasteiger partial charge on any atom is 0.184 e. The van der Waals surface area contributed by atoms with Crippen molar-refractivity contribution in [2.75, 3.05) is 5.73 Å². The Balaban J connectivity index is 1.58. The lowest BCUT2D eigenvalue weighted by Gasteiger charge is -2.10. The van der Waals surface area contributed by atoms with E-state index >= 15 is 0 Å². The van der Waals surface area contributed by atoms with Crippen molar-refractivity contribution in [2.24, 2.45) is 0 Å². The van der Waals surface area contributed by atoms with Crippen LogP contribution in [0.4, 0.5) is 5.69 Å². The van der Waals surface area contributed by atoms with Crippen LogP contribution in [0.25, 0.3) is 55.8 Å². The molecular weight excluding hydrogens is 406 g/mol. The van der Waals surface area contributed by atoms with Crippen molar-refractivity contribution >= 4 is 27.2 Å². The topological polar surface area (TPSA) is 77.6 Å². The van der Waals surface area contributed by atoms with Crippen molar-refractivity contribution in [1.29, 1.82) is 0 Å². The summed E-state index contributed by atoms with van der Waals surface area (Å²) in [5.74, 6) is 1.62. The van der Waals surface area contributed by atoms with Crippen molar-refractivity contribution in [3.63, 3.8) is 0 Å². The minimum atomic E-state index is 0.453. The summed E-state index contributed by atoms with van der Waals surface area (Å²) in [5.41, 5.74) is 9.11. The minimum absolute atomic E-state index is 0.453. The Morgan fingerprint density at radius 2 is 1.00 bits per heavy atom. The molecule has 33 heavy (non-hydrogen) atoms. The van der Waals surface area contributed by atoms with Gasteiger partial charge < -0.3 is 5.73 Å². The molecule has 0 aliphatic rings. The molecule has 2 aromatic heterocycles. The summed E-state index contributed by atoms with van der Waals surface area (Å²) >= 11 is 0. The van der Waals surface area contributed by atoms with Crippen LogP contribution in [0.3, 0.4) is 0 Å². The highest BCUT2D eigenvalue weighted by Gasteiger charge is 2.15. The summed E-state index contributed by atoms with van der Waals surface area (Å²) in [5, 5.41) is 4.58. The molecule has 0 amide bonds. The summed E-state index contributed by atoms with van der Waals surface area (Å²) in [7, 11) is 0. The largest absolute Gasteiger partial charge is 0.397 e. The lowest BCUT2D eigenvalue weighted by atomic mass is 10.1. The van der Waals surface area contributed by atoms with E-state index in [1.54, 1.807) is 18.3 Å². The van der Waals surface area contributed by atoms with Gasteiger partial charge in [0, 0.05) is 17.3 Å². The smallest absolute Gasteiger partial charge is 0.184 e. The maximum absolute atomic E-state index is 6.22. The number of rotatable bonds is 3. The fraction of sp³-hybridized carbons (Fsp3) is 0. The average molecular weight is 425 g/mol. The second-order valence-electron chi connectivity index (χ2n) is 7.87. The van der Waals surface area contributed by atoms with Crippen LogP contribution in [0.1, 0.15) is 0 Å². The van der Waals surface area contributed by atoms with Crippen LogP contribution < -0.4 is 5.73 Å². The first-order chi connectivity index (χ1) is 16.2. The second-order valence-corrected chi connectivity index (χ2v) is 7.87. The summed E-state index contributed by atoms with van der Waals surface area (Å²) in [4.78, 5) is 18.8. The number of hydrogen-bond acceptors (Lipinski definition) is 5. The summed E-state index contributed by atoms with van der Waals surface area (Å²) in [6.45, 7) is 0. The summed E-state index contributed by atoms with van der Waals surface area (Å²) in [6.07, 6.45) is 1.70. The predicted molar refractivity (Wildman–Crippen MR) is 133 cm³/mol. The predicted octanol–water partition coefficient (Wildman–Crippen LogP) is 6.16. The zero-order valence-corrected chi connectivity index (χ0v) is 17.7. The molecule has 0 bridgehead atoms. The number of aromatic nitrogens is 4. The molecule has 5 nitrogen and oxygen atoms in total. The Morgan fingerprint density at radius 1 is 0.485 bits per heavy atom. The van der Waals surface area contributed by atoms with E-state index < -0.39 is 0 Å². The Bertz CT molecular complexity index is 1540. The van der Waals surface area contributed by atoms with Gasteiger partial charge in [0.15, 0.2) is 17.5 Å². The number of nitrogens with zero attached hydrogens (tertiary/aromatic N) is 4. The molecule has 0 saturated heterocycles. The van der Waals surface area contributed by atoms with Crippen LogP contribution in [-0.2, 0) is 0 Å². The highest BCUT2D eigenvalue weighted by molar-refractivity contribution is 5.88. The molecular formula is C28H19N5. The number of nitrogens with two attached hydrogens (primary N) is 1. The number of hydrogen-bond donors (Lipinski definition) is 1. The van der Waals surface area contributed by atoms with Gasteiger partial charge in [-0.2, -0.15) is 0 Å². The van der Waals surface area contributed by atoms with E-state index in [4.69, 9.17) is 20.7 Å². The normalized spacial score (nSPS) is 11.2. The third kappa shape index (κ3) is 3.55. The molecule has 0 radical (unpaired) electrons. The van der Waals surface area contributed by atoms with E-state index in [1.807, 2.05) is 36.4 Å². The van der Waals surface area contributed by atoms with Crippen molar-refractivity contribution in [1.82, 2.24) is 19.9 Å². The van der Waals surface area contributed by atoms with Gasteiger partial charge in [-0.25, -0.2) is 15.0 Å². The number of nitrogen functional groups attached to an aromatic ring is 1. The Labute approximate surface area is 190 Å². The minimum Gasteiger partial charge on any atom is -0.397 e. The first-order valence-corrected chi connectivity index (χ1v) is 10.7. The first-order valence-electron chi connectivity index (χ1n) is 10.7. The summed E-state index contributed by atoms with van der Waals surface area (Å²) < 4.78 is 0. The number of pyridine rings is 1. The van der Waals surface area contributed by atoms with Crippen molar-refractivity contribution in [2.45, 2.75) is 0 Å². The zero-order valence-electron chi connectivity index (χ0n) is 17.7. The number of fused-ring (bicyclic) bond motifs is 2. The maximum atomic E-state index is 6.22. The van der Waals surface area contributed by atoms with Gasteiger partial charge >= 0.3 is 0 Å². The molecule has 0 fully saturated rings. The Morgan fingerprint density at radius 3 is 1.55 bits per heavy atom.